The molecule has 0 bridgehead atoms. The van der Waals surface area contributed by atoms with E-state index < -0.39 is 23.8 Å². The van der Waals surface area contributed by atoms with Crippen molar-refractivity contribution in [3.8, 4) is 0 Å². The van der Waals surface area contributed by atoms with Crippen LogP contribution in [0.3, 0.4) is 0 Å². The molecule has 1 amide bonds. The van der Waals surface area contributed by atoms with Crippen molar-refractivity contribution in [1.82, 2.24) is 5.32 Å². The van der Waals surface area contributed by atoms with Gasteiger partial charge in [-0.2, -0.15) is 0 Å². The molecule has 1 fully saturated rings. The lowest BCUT2D eigenvalue weighted by Gasteiger charge is -2.07. The second kappa shape index (κ2) is 8.41. The molecule has 1 atom stereocenters. The number of hydrogen-bond donors (Lipinski definition) is 2. The molecule has 18 heavy (non-hydrogen) atoms. The van der Waals surface area contributed by atoms with Crippen molar-refractivity contribution in [3.05, 3.63) is 35.4 Å². The van der Waals surface area contributed by atoms with E-state index in [1.54, 1.807) is 0 Å². The summed E-state index contributed by atoms with van der Waals surface area (Å²) in [6, 6.07) is 2.65. The van der Waals surface area contributed by atoms with Crippen molar-refractivity contribution in [2.75, 3.05) is 13.7 Å². The van der Waals surface area contributed by atoms with Crippen LogP contribution in [0.4, 0.5) is 13.6 Å². The highest BCUT2D eigenvalue weighted by molar-refractivity contribution is 5.70. The Bertz CT molecular complexity index is 365. The number of hydrogen-bond acceptors (Lipinski definition) is 3. The molecule has 0 aliphatic carbocycles. The third kappa shape index (κ3) is 4.67. The molecule has 4 nitrogen and oxygen atoms in total. The number of carbonyl (C=O) groups excluding carboxylic acids is 1. The van der Waals surface area contributed by atoms with E-state index in [2.05, 4.69) is 10.1 Å². The number of rotatable bonds is 1. The second-order valence-electron chi connectivity index (χ2n) is 3.00. The van der Waals surface area contributed by atoms with Crippen molar-refractivity contribution in [1.29, 1.82) is 0 Å². The molecule has 1 aromatic carbocycles. The van der Waals surface area contributed by atoms with Crippen molar-refractivity contribution in [2.45, 2.75) is 19.9 Å². The number of cyclic esters (lactones) is 1. The number of halogens is 2. The van der Waals surface area contributed by atoms with Crippen molar-refractivity contribution >= 4 is 6.09 Å². The lowest BCUT2D eigenvalue weighted by Crippen LogP contribution is -2.18. The van der Waals surface area contributed by atoms with Gasteiger partial charge in [-0.05, 0) is 17.7 Å². The highest BCUT2D eigenvalue weighted by Gasteiger charge is 2.24. The van der Waals surface area contributed by atoms with Crippen LogP contribution in [0.2, 0.25) is 0 Å². The quantitative estimate of drug-likeness (QED) is 0.816. The Labute approximate surface area is 105 Å². The summed E-state index contributed by atoms with van der Waals surface area (Å²) in [5, 5.41) is 9.43. The maximum absolute atomic E-state index is 12.8. The maximum atomic E-state index is 12.8. The Kier molecular flexibility index (Phi) is 7.62. The first-order chi connectivity index (χ1) is 8.65. The lowest BCUT2D eigenvalue weighted by atomic mass is 10.1. The molecule has 1 heterocycles. The van der Waals surface area contributed by atoms with E-state index in [-0.39, 0.29) is 6.61 Å². The first kappa shape index (κ1) is 16.3. The summed E-state index contributed by atoms with van der Waals surface area (Å²) in [6.07, 6.45) is -0.570. The Morgan fingerprint density at radius 1 is 1.22 bits per heavy atom. The standard InChI is InChI=1S/C9H7F2NO2.C2H6.CH4O/c10-6-1-5(2-7(11)3-6)8-4-14-9(13)12-8;2*1-2/h1-3,8H,4H2,(H,12,13);1-2H3;2H,1H3. The zero-order valence-electron chi connectivity index (χ0n) is 10.5. The van der Waals surface area contributed by atoms with Crippen LogP contribution < -0.4 is 5.32 Å². The number of alkyl carbamates (subject to hydrolysis) is 1. The molecule has 1 aliphatic heterocycles. The molecular weight excluding hydrogens is 244 g/mol. The van der Waals surface area contributed by atoms with E-state index in [1.807, 2.05) is 13.8 Å². The normalized spacial score (nSPS) is 16.6. The fraction of sp³-hybridized carbons (Fsp3) is 0.417. The van der Waals surface area contributed by atoms with E-state index in [0.29, 0.717) is 5.56 Å². The minimum Gasteiger partial charge on any atom is -0.447 e. The highest BCUT2D eigenvalue weighted by Crippen LogP contribution is 2.19. The molecule has 102 valence electrons. The zero-order valence-corrected chi connectivity index (χ0v) is 10.5. The predicted octanol–water partition coefficient (Wildman–Crippen LogP) is 2.38. The van der Waals surface area contributed by atoms with Crippen LogP contribution in [0.15, 0.2) is 18.2 Å². The average molecular weight is 261 g/mol. The molecule has 0 spiro atoms. The lowest BCUT2D eigenvalue weighted by molar-refractivity contribution is 0.177. The predicted molar refractivity (Wildman–Crippen MR) is 63.1 cm³/mol. The van der Waals surface area contributed by atoms with Crippen molar-refractivity contribution in [2.24, 2.45) is 0 Å². The third-order valence-electron chi connectivity index (χ3n) is 1.96. The summed E-state index contributed by atoms with van der Waals surface area (Å²) in [4.78, 5) is 10.7. The summed E-state index contributed by atoms with van der Waals surface area (Å²) >= 11 is 0. The highest BCUT2D eigenvalue weighted by atomic mass is 19.1. The molecule has 2 N–H and O–H groups in total. The molecule has 6 heteroatoms. The average Bonchev–Trinajstić information content (AvgIpc) is 2.80. The van der Waals surface area contributed by atoms with Gasteiger partial charge in [0.25, 0.3) is 0 Å². The molecule has 0 aromatic heterocycles. The maximum Gasteiger partial charge on any atom is 0.407 e. The van der Waals surface area contributed by atoms with Gasteiger partial charge < -0.3 is 15.2 Å². The number of aliphatic hydroxyl groups is 1. The van der Waals surface area contributed by atoms with E-state index in [0.717, 1.165) is 13.2 Å². The van der Waals surface area contributed by atoms with Gasteiger partial charge in [0.1, 0.15) is 18.2 Å². The van der Waals surface area contributed by atoms with Crippen LogP contribution in [0.25, 0.3) is 0 Å². The largest absolute Gasteiger partial charge is 0.447 e. The number of ether oxygens (including phenoxy) is 1. The molecular formula is C12H17F2NO3. The second-order valence-corrected chi connectivity index (χ2v) is 3.00. The van der Waals surface area contributed by atoms with Crippen molar-refractivity contribution in [3.63, 3.8) is 0 Å². The summed E-state index contributed by atoms with van der Waals surface area (Å²) in [5.41, 5.74) is 0.369. The SMILES string of the molecule is CC.CO.O=C1NC(c2cc(F)cc(F)c2)CO1. The van der Waals surface area contributed by atoms with Gasteiger partial charge in [0, 0.05) is 13.2 Å². The van der Waals surface area contributed by atoms with E-state index in [1.165, 1.54) is 12.1 Å². The molecule has 2 rings (SSSR count). The van der Waals surface area contributed by atoms with Crippen LogP contribution in [0.1, 0.15) is 25.5 Å². The van der Waals surface area contributed by atoms with Crippen LogP contribution in [-0.2, 0) is 4.74 Å². The number of benzene rings is 1. The van der Waals surface area contributed by atoms with Gasteiger partial charge in [-0.1, -0.05) is 13.8 Å². The van der Waals surface area contributed by atoms with Gasteiger partial charge in [-0.15, -0.1) is 0 Å². The monoisotopic (exact) mass is 261 g/mol. The molecule has 1 saturated heterocycles. The summed E-state index contributed by atoms with van der Waals surface area (Å²) < 4.78 is 30.2. The number of nitrogens with one attached hydrogen (secondary N) is 1. The zero-order chi connectivity index (χ0) is 14.1. The number of amides is 1. The van der Waals surface area contributed by atoms with Gasteiger partial charge in [0.2, 0.25) is 0 Å². The fourth-order valence-electron chi connectivity index (χ4n) is 1.34. The van der Waals surface area contributed by atoms with Gasteiger partial charge in [0.15, 0.2) is 0 Å². The molecule has 1 aliphatic rings. The minimum absolute atomic E-state index is 0.0989. The van der Waals surface area contributed by atoms with E-state index in [9.17, 15) is 13.6 Å². The van der Waals surface area contributed by atoms with Crippen LogP contribution in [-0.4, -0.2) is 24.9 Å². The van der Waals surface area contributed by atoms with Gasteiger partial charge in [-0.25, -0.2) is 13.6 Å². The number of aliphatic hydroxyl groups excluding tert-OH is 1. The summed E-state index contributed by atoms with van der Waals surface area (Å²) in [5.74, 6) is -1.33. The molecule has 1 aromatic rings. The van der Waals surface area contributed by atoms with E-state index >= 15 is 0 Å². The Balaban J connectivity index is 0.000000659. The van der Waals surface area contributed by atoms with Crippen LogP contribution in [0.5, 0.6) is 0 Å². The molecule has 1 unspecified atom stereocenters. The summed E-state index contributed by atoms with van der Waals surface area (Å²) in [6.45, 7) is 4.10. The Hall–Kier alpha value is -1.69. The fourth-order valence-corrected chi connectivity index (χ4v) is 1.34. The number of carbonyl (C=O) groups is 1. The van der Waals surface area contributed by atoms with Crippen molar-refractivity contribution < 1.29 is 23.4 Å². The molecule has 0 saturated carbocycles. The minimum atomic E-state index is -0.666. The van der Waals surface area contributed by atoms with E-state index in [4.69, 9.17) is 5.11 Å². The first-order valence-electron chi connectivity index (χ1n) is 5.49. The Morgan fingerprint density at radius 3 is 2.11 bits per heavy atom. The Morgan fingerprint density at radius 2 is 1.72 bits per heavy atom. The topological polar surface area (TPSA) is 58.6 Å². The summed E-state index contributed by atoms with van der Waals surface area (Å²) in [7, 11) is 1.00. The van der Waals surface area contributed by atoms with Crippen LogP contribution in [0, 0.1) is 11.6 Å². The van der Waals surface area contributed by atoms with Gasteiger partial charge in [0.05, 0.1) is 6.04 Å². The van der Waals surface area contributed by atoms with Gasteiger partial charge >= 0.3 is 6.09 Å². The van der Waals surface area contributed by atoms with Gasteiger partial charge in [-0.3, -0.25) is 0 Å². The smallest absolute Gasteiger partial charge is 0.407 e. The van der Waals surface area contributed by atoms with Crippen LogP contribution >= 0.6 is 0 Å². The first-order valence-corrected chi connectivity index (χ1v) is 5.49. The molecule has 0 radical (unpaired) electrons. The third-order valence-corrected chi connectivity index (χ3v) is 1.96.